The zero-order valence-corrected chi connectivity index (χ0v) is 14.7. The van der Waals surface area contributed by atoms with Crippen LogP contribution in [0.25, 0.3) is 0 Å². The number of carbonyl (C=O) groups is 1. The molecule has 0 atom stereocenters. The van der Waals surface area contributed by atoms with Gasteiger partial charge in [0.1, 0.15) is 17.9 Å². The number of aromatic nitrogens is 2. The maximum atomic E-state index is 11.9. The fourth-order valence-corrected chi connectivity index (χ4v) is 2.52. The van der Waals surface area contributed by atoms with Gasteiger partial charge in [0.25, 0.3) is 0 Å². The molecule has 1 aliphatic heterocycles. The number of halogens is 2. The Morgan fingerprint density at radius 2 is 2.00 bits per heavy atom. The number of aromatic amines is 1. The molecule has 0 spiro atoms. The van der Waals surface area contributed by atoms with Gasteiger partial charge in [-0.05, 0) is 44.1 Å². The molecule has 0 amide bonds. The monoisotopic (exact) mass is 356 g/mol. The number of nitrogens with one attached hydrogen (secondary N) is 1. The van der Waals surface area contributed by atoms with Crippen LogP contribution >= 0.6 is 12.2 Å². The van der Waals surface area contributed by atoms with Crippen LogP contribution in [0.5, 0.6) is 0 Å². The van der Waals surface area contributed by atoms with Crippen LogP contribution in [0.4, 0.5) is 8.78 Å². The SMILES string of the molecule is CCOC.Fc1cccc(F)c1.O=CCc1[nH]c(=S)n2c1CCC2. The molecule has 24 heavy (non-hydrogen) atoms. The van der Waals surface area contributed by atoms with Crippen LogP contribution in [0.15, 0.2) is 24.3 Å². The standard InChI is InChI=1S/C8H10N2OS.C6H4F2.C3H8O/c11-5-3-6-7-2-1-4-10(7)8(12)9-6;7-5-2-1-3-6(8)4-5;1-3-4-2/h5H,1-4H2,(H,9,12);1-4H;3H2,1-2H3. The molecule has 0 bridgehead atoms. The number of carbonyl (C=O) groups excluding carboxylic acids is 1. The highest BCUT2D eigenvalue weighted by Crippen LogP contribution is 2.19. The van der Waals surface area contributed by atoms with Gasteiger partial charge < -0.3 is 19.1 Å². The van der Waals surface area contributed by atoms with Crippen molar-refractivity contribution < 1.29 is 18.3 Å². The Bertz CT molecular complexity index is 679. The van der Waals surface area contributed by atoms with Crippen molar-refractivity contribution in [3.05, 3.63) is 52.1 Å². The average Bonchev–Trinajstić information content (AvgIpc) is 3.14. The zero-order valence-electron chi connectivity index (χ0n) is 13.9. The number of hydrogen-bond acceptors (Lipinski definition) is 3. The second-order valence-corrected chi connectivity index (χ2v) is 5.39. The lowest BCUT2D eigenvalue weighted by molar-refractivity contribution is -0.107. The van der Waals surface area contributed by atoms with Crippen LogP contribution in [0, 0.1) is 16.4 Å². The van der Waals surface area contributed by atoms with Crippen molar-refractivity contribution in [2.24, 2.45) is 0 Å². The van der Waals surface area contributed by atoms with E-state index < -0.39 is 11.6 Å². The van der Waals surface area contributed by atoms with E-state index >= 15 is 0 Å². The van der Waals surface area contributed by atoms with E-state index in [2.05, 4.69) is 14.3 Å². The highest BCUT2D eigenvalue weighted by atomic mass is 32.1. The van der Waals surface area contributed by atoms with Crippen LogP contribution in [-0.2, 0) is 28.9 Å². The molecular formula is C17H22F2N2O2S. The maximum Gasteiger partial charge on any atom is 0.177 e. The van der Waals surface area contributed by atoms with Crippen molar-refractivity contribution in [1.29, 1.82) is 0 Å². The molecule has 1 aromatic heterocycles. The summed E-state index contributed by atoms with van der Waals surface area (Å²) in [5.41, 5.74) is 2.24. The Balaban J connectivity index is 0.000000208. The molecule has 0 aliphatic carbocycles. The second kappa shape index (κ2) is 10.8. The Morgan fingerprint density at radius 3 is 2.46 bits per heavy atom. The number of ether oxygens (including phenoxy) is 1. The molecule has 1 aliphatic rings. The predicted molar refractivity (Wildman–Crippen MR) is 91.6 cm³/mol. The number of imidazole rings is 1. The van der Waals surface area contributed by atoms with Gasteiger partial charge in [0, 0.05) is 44.1 Å². The molecular weight excluding hydrogens is 334 g/mol. The van der Waals surface area contributed by atoms with Gasteiger partial charge in [0.05, 0.1) is 0 Å². The molecule has 1 aromatic carbocycles. The normalized spacial score (nSPS) is 11.7. The largest absolute Gasteiger partial charge is 0.385 e. The number of nitrogens with zero attached hydrogens (tertiary/aromatic N) is 1. The highest BCUT2D eigenvalue weighted by Gasteiger charge is 2.16. The summed E-state index contributed by atoms with van der Waals surface area (Å²) in [6, 6.07) is 4.55. The summed E-state index contributed by atoms with van der Waals surface area (Å²) in [7, 11) is 1.68. The minimum absolute atomic E-state index is 0.464. The zero-order chi connectivity index (χ0) is 17.9. The lowest BCUT2D eigenvalue weighted by atomic mass is 10.2. The fourth-order valence-electron chi connectivity index (χ4n) is 2.19. The van der Waals surface area contributed by atoms with Gasteiger partial charge in [0.2, 0.25) is 0 Å². The number of hydrogen-bond donors (Lipinski definition) is 1. The van der Waals surface area contributed by atoms with Crippen molar-refractivity contribution in [2.75, 3.05) is 13.7 Å². The van der Waals surface area contributed by atoms with E-state index in [0.29, 0.717) is 6.42 Å². The summed E-state index contributed by atoms with van der Waals surface area (Å²) >= 11 is 5.11. The summed E-state index contributed by atoms with van der Waals surface area (Å²) in [4.78, 5) is 13.4. The number of fused-ring (bicyclic) bond motifs is 1. The van der Waals surface area contributed by atoms with Crippen molar-refractivity contribution >= 4 is 18.5 Å². The summed E-state index contributed by atoms with van der Waals surface area (Å²) in [6.45, 7) is 3.78. The summed E-state index contributed by atoms with van der Waals surface area (Å²) in [5.74, 6) is -1.07. The molecule has 132 valence electrons. The van der Waals surface area contributed by atoms with E-state index in [-0.39, 0.29) is 0 Å². The third-order valence-corrected chi connectivity index (χ3v) is 3.66. The molecule has 2 aromatic rings. The highest BCUT2D eigenvalue weighted by molar-refractivity contribution is 7.71. The first-order chi connectivity index (χ1) is 11.5. The van der Waals surface area contributed by atoms with E-state index in [4.69, 9.17) is 12.2 Å². The smallest absolute Gasteiger partial charge is 0.177 e. The van der Waals surface area contributed by atoms with Crippen molar-refractivity contribution in [2.45, 2.75) is 32.7 Å². The molecule has 0 saturated heterocycles. The van der Waals surface area contributed by atoms with E-state index in [9.17, 15) is 13.6 Å². The van der Waals surface area contributed by atoms with Crippen LogP contribution in [0.1, 0.15) is 24.7 Å². The first kappa shape index (κ1) is 20.2. The van der Waals surface area contributed by atoms with Crippen LogP contribution in [0.3, 0.4) is 0 Å². The average molecular weight is 356 g/mol. The number of aldehydes is 1. The minimum atomic E-state index is -0.537. The second-order valence-electron chi connectivity index (χ2n) is 5.00. The number of methoxy groups -OCH3 is 1. The lowest BCUT2D eigenvalue weighted by Crippen LogP contribution is -1.93. The van der Waals surface area contributed by atoms with Gasteiger partial charge in [-0.3, -0.25) is 0 Å². The Kier molecular flexibility index (Phi) is 9.11. The minimum Gasteiger partial charge on any atom is -0.385 e. The molecule has 1 N–H and O–H groups in total. The number of H-pyrrole nitrogens is 1. The molecule has 4 nitrogen and oxygen atoms in total. The first-order valence-electron chi connectivity index (χ1n) is 7.67. The predicted octanol–water partition coefficient (Wildman–Crippen LogP) is 3.85. The fraction of sp³-hybridized carbons (Fsp3) is 0.412. The van der Waals surface area contributed by atoms with Gasteiger partial charge >= 0.3 is 0 Å². The van der Waals surface area contributed by atoms with E-state index in [1.54, 1.807) is 7.11 Å². The molecule has 7 heteroatoms. The van der Waals surface area contributed by atoms with Crippen LogP contribution in [-0.4, -0.2) is 29.6 Å². The molecule has 0 unspecified atom stereocenters. The van der Waals surface area contributed by atoms with Gasteiger partial charge in [-0.2, -0.15) is 0 Å². The van der Waals surface area contributed by atoms with Crippen molar-refractivity contribution in [3.8, 4) is 0 Å². The third-order valence-electron chi connectivity index (χ3n) is 3.34. The van der Waals surface area contributed by atoms with Crippen molar-refractivity contribution in [1.82, 2.24) is 9.55 Å². The molecule has 3 rings (SSSR count). The van der Waals surface area contributed by atoms with Crippen LogP contribution < -0.4 is 0 Å². The molecule has 2 heterocycles. The van der Waals surface area contributed by atoms with Gasteiger partial charge in [-0.25, -0.2) is 8.78 Å². The third kappa shape index (κ3) is 6.33. The van der Waals surface area contributed by atoms with E-state index in [1.165, 1.54) is 23.9 Å². The first-order valence-corrected chi connectivity index (χ1v) is 8.08. The summed E-state index contributed by atoms with van der Waals surface area (Å²) in [6.07, 6.45) is 3.58. The van der Waals surface area contributed by atoms with Crippen molar-refractivity contribution in [3.63, 3.8) is 0 Å². The summed E-state index contributed by atoms with van der Waals surface area (Å²) in [5, 5.41) is 0. The van der Waals surface area contributed by atoms with Gasteiger partial charge in [-0.1, -0.05) is 6.07 Å². The van der Waals surface area contributed by atoms with E-state index in [1.807, 2.05) is 6.92 Å². The molecule has 0 saturated carbocycles. The van der Waals surface area contributed by atoms with E-state index in [0.717, 1.165) is 48.8 Å². The van der Waals surface area contributed by atoms with Gasteiger partial charge in [-0.15, -0.1) is 0 Å². The number of benzene rings is 1. The van der Waals surface area contributed by atoms with Crippen LogP contribution in [0.2, 0.25) is 0 Å². The lowest BCUT2D eigenvalue weighted by Gasteiger charge is -1.93. The quantitative estimate of drug-likeness (QED) is 0.671. The number of rotatable bonds is 3. The molecule has 0 fully saturated rings. The Hall–Kier alpha value is -1.86. The topological polar surface area (TPSA) is 47.0 Å². The Morgan fingerprint density at radius 1 is 1.38 bits per heavy atom. The molecule has 0 radical (unpaired) electrons. The van der Waals surface area contributed by atoms with Gasteiger partial charge in [0.15, 0.2) is 4.77 Å². The summed E-state index contributed by atoms with van der Waals surface area (Å²) < 4.78 is 31.3. The Labute approximate surface area is 145 Å². The maximum absolute atomic E-state index is 11.9.